The minimum absolute atomic E-state index is 1.30. The Hall–Kier alpha value is -0.0400. The summed E-state index contributed by atoms with van der Waals surface area (Å²) in [7, 11) is 0. The molecule has 1 heteroatoms. The maximum Gasteiger partial charge on any atom is -0.00187 e. The summed E-state index contributed by atoms with van der Waals surface area (Å²) in [6.45, 7) is 10.8. The van der Waals surface area contributed by atoms with Crippen LogP contribution in [-0.4, -0.2) is 24.5 Å². The number of hydrogen-bond donors (Lipinski definition) is 0. The summed E-state index contributed by atoms with van der Waals surface area (Å²) in [5, 5.41) is 0. The Morgan fingerprint density at radius 3 is 1.53 bits per heavy atom. The molecule has 0 aromatic carbocycles. The molecular formula is C16H35N. The van der Waals surface area contributed by atoms with Gasteiger partial charge in [-0.1, -0.05) is 65.7 Å². The van der Waals surface area contributed by atoms with Gasteiger partial charge in [-0.3, -0.25) is 0 Å². The highest BCUT2D eigenvalue weighted by Gasteiger charge is 2.02. The van der Waals surface area contributed by atoms with Crippen LogP contribution in [-0.2, 0) is 0 Å². The zero-order chi connectivity index (χ0) is 12.8. The molecule has 0 heterocycles. The summed E-state index contributed by atoms with van der Waals surface area (Å²) >= 11 is 0. The molecule has 0 aliphatic rings. The fourth-order valence-corrected chi connectivity index (χ4v) is 2.35. The van der Waals surface area contributed by atoms with Crippen LogP contribution >= 0.6 is 0 Å². The van der Waals surface area contributed by atoms with E-state index in [1.54, 1.807) is 0 Å². The Kier molecular flexibility index (Phi) is 14.0. The minimum atomic E-state index is 1.30. The van der Waals surface area contributed by atoms with E-state index in [4.69, 9.17) is 0 Å². The first kappa shape index (κ1) is 17.0. The normalized spacial score (nSPS) is 11.3. The van der Waals surface area contributed by atoms with Crippen LogP contribution in [0, 0.1) is 0 Å². The molecule has 1 nitrogen and oxygen atoms in total. The van der Waals surface area contributed by atoms with Gasteiger partial charge in [0.1, 0.15) is 0 Å². The lowest BCUT2D eigenvalue weighted by atomic mass is 10.1. The Bertz CT molecular complexity index is 133. The predicted octanol–water partition coefficient (Wildman–Crippen LogP) is 5.25. The van der Waals surface area contributed by atoms with Crippen LogP contribution in [0.3, 0.4) is 0 Å². The van der Waals surface area contributed by atoms with E-state index < -0.39 is 0 Å². The van der Waals surface area contributed by atoms with Gasteiger partial charge in [0.05, 0.1) is 0 Å². The average Bonchev–Trinajstić information content (AvgIpc) is 2.34. The molecule has 0 amide bonds. The third-order valence-corrected chi connectivity index (χ3v) is 3.45. The second-order valence-electron chi connectivity index (χ2n) is 5.32. The second-order valence-corrected chi connectivity index (χ2v) is 5.32. The van der Waals surface area contributed by atoms with E-state index in [9.17, 15) is 0 Å². The third kappa shape index (κ3) is 12.2. The lowest BCUT2D eigenvalue weighted by molar-refractivity contribution is 0.261. The second kappa shape index (κ2) is 14.0. The van der Waals surface area contributed by atoms with Crippen LogP contribution < -0.4 is 0 Å². The first-order chi connectivity index (χ1) is 8.35. The zero-order valence-corrected chi connectivity index (χ0v) is 12.6. The van der Waals surface area contributed by atoms with Crippen molar-refractivity contribution in [1.29, 1.82) is 0 Å². The third-order valence-electron chi connectivity index (χ3n) is 3.45. The molecule has 0 aromatic rings. The van der Waals surface area contributed by atoms with E-state index in [1.165, 1.54) is 83.8 Å². The van der Waals surface area contributed by atoms with Gasteiger partial charge in [0.2, 0.25) is 0 Å². The van der Waals surface area contributed by atoms with Gasteiger partial charge in [0.15, 0.2) is 0 Å². The first-order valence-electron chi connectivity index (χ1n) is 8.07. The first-order valence-corrected chi connectivity index (χ1v) is 8.07. The quantitative estimate of drug-likeness (QED) is 0.398. The predicted molar refractivity (Wildman–Crippen MR) is 79.6 cm³/mol. The molecule has 0 unspecified atom stereocenters. The number of unbranched alkanes of at least 4 members (excludes halogenated alkanes) is 7. The average molecular weight is 241 g/mol. The molecule has 0 fully saturated rings. The van der Waals surface area contributed by atoms with Crippen LogP contribution in [0.1, 0.15) is 85.0 Å². The molecular weight excluding hydrogens is 206 g/mol. The van der Waals surface area contributed by atoms with Crippen molar-refractivity contribution >= 4 is 0 Å². The molecule has 0 rings (SSSR count). The number of hydrogen-bond acceptors (Lipinski definition) is 1. The van der Waals surface area contributed by atoms with Crippen LogP contribution in [0.25, 0.3) is 0 Å². The van der Waals surface area contributed by atoms with Gasteiger partial charge in [-0.2, -0.15) is 0 Å². The Balaban J connectivity index is 3.41. The highest BCUT2D eigenvalue weighted by atomic mass is 15.1. The van der Waals surface area contributed by atoms with Crippen molar-refractivity contribution in [3.63, 3.8) is 0 Å². The molecule has 0 saturated carbocycles. The van der Waals surface area contributed by atoms with E-state index in [0.29, 0.717) is 0 Å². The van der Waals surface area contributed by atoms with E-state index in [1.807, 2.05) is 0 Å². The Morgan fingerprint density at radius 2 is 0.941 bits per heavy atom. The van der Waals surface area contributed by atoms with E-state index >= 15 is 0 Å². The zero-order valence-electron chi connectivity index (χ0n) is 12.6. The molecule has 0 spiro atoms. The molecule has 0 N–H and O–H groups in total. The van der Waals surface area contributed by atoms with Crippen molar-refractivity contribution < 1.29 is 0 Å². The molecule has 0 radical (unpaired) electrons. The standard InChI is InChI=1S/C16H35N/c1-4-7-9-10-11-13-16-17(14-6-3)15-12-8-5-2/h4-16H2,1-3H3. The SMILES string of the molecule is CCCCCCCCN(CCC)CCCCC. The molecule has 0 aliphatic carbocycles. The van der Waals surface area contributed by atoms with Gasteiger partial charge in [-0.15, -0.1) is 0 Å². The summed E-state index contributed by atoms with van der Waals surface area (Å²) < 4.78 is 0. The maximum atomic E-state index is 2.68. The summed E-state index contributed by atoms with van der Waals surface area (Å²) in [5.74, 6) is 0. The van der Waals surface area contributed by atoms with Gasteiger partial charge < -0.3 is 4.90 Å². The van der Waals surface area contributed by atoms with Crippen molar-refractivity contribution in [2.24, 2.45) is 0 Å². The number of nitrogens with zero attached hydrogens (tertiary/aromatic N) is 1. The highest BCUT2D eigenvalue weighted by molar-refractivity contribution is 4.58. The van der Waals surface area contributed by atoms with Crippen LogP contribution in [0.2, 0.25) is 0 Å². The van der Waals surface area contributed by atoms with Crippen LogP contribution in [0.5, 0.6) is 0 Å². The van der Waals surface area contributed by atoms with Gasteiger partial charge in [-0.05, 0) is 38.9 Å². The van der Waals surface area contributed by atoms with Gasteiger partial charge in [-0.25, -0.2) is 0 Å². The molecule has 0 atom stereocenters. The molecule has 0 saturated heterocycles. The summed E-state index contributed by atoms with van der Waals surface area (Å²) in [4.78, 5) is 2.68. The van der Waals surface area contributed by atoms with Crippen molar-refractivity contribution in [2.45, 2.75) is 85.0 Å². The fraction of sp³-hybridized carbons (Fsp3) is 1.00. The fourth-order valence-electron chi connectivity index (χ4n) is 2.35. The van der Waals surface area contributed by atoms with E-state index in [2.05, 4.69) is 25.7 Å². The summed E-state index contributed by atoms with van der Waals surface area (Å²) in [5.41, 5.74) is 0. The lowest BCUT2D eigenvalue weighted by Gasteiger charge is -2.21. The summed E-state index contributed by atoms with van der Waals surface area (Å²) in [6, 6.07) is 0. The van der Waals surface area contributed by atoms with E-state index in [0.717, 1.165) is 0 Å². The Morgan fingerprint density at radius 1 is 0.471 bits per heavy atom. The van der Waals surface area contributed by atoms with Crippen molar-refractivity contribution in [1.82, 2.24) is 4.90 Å². The molecule has 17 heavy (non-hydrogen) atoms. The molecule has 0 aromatic heterocycles. The lowest BCUT2D eigenvalue weighted by Crippen LogP contribution is -2.26. The minimum Gasteiger partial charge on any atom is -0.303 e. The van der Waals surface area contributed by atoms with Crippen LogP contribution in [0.15, 0.2) is 0 Å². The van der Waals surface area contributed by atoms with Crippen molar-refractivity contribution in [3.05, 3.63) is 0 Å². The van der Waals surface area contributed by atoms with Crippen molar-refractivity contribution in [2.75, 3.05) is 19.6 Å². The van der Waals surface area contributed by atoms with Gasteiger partial charge >= 0.3 is 0 Å². The highest BCUT2D eigenvalue weighted by Crippen LogP contribution is 2.07. The largest absolute Gasteiger partial charge is 0.303 e. The topological polar surface area (TPSA) is 3.24 Å². The smallest absolute Gasteiger partial charge is 0.00187 e. The number of rotatable bonds is 13. The molecule has 104 valence electrons. The van der Waals surface area contributed by atoms with Gasteiger partial charge in [0.25, 0.3) is 0 Å². The monoisotopic (exact) mass is 241 g/mol. The molecule has 0 aliphatic heterocycles. The maximum absolute atomic E-state index is 2.68. The van der Waals surface area contributed by atoms with Crippen LogP contribution in [0.4, 0.5) is 0 Å². The van der Waals surface area contributed by atoms with Gasteiger partial charge in [0, 0.05) is 0 Å². The Labute approximate surface area is 110 Å². The van der Waals surface area contributed by atoms with Crippen molar-refractivity contribution in [3.8, 4) is 0 Å². The summed E-state index contributed by atoms with van der Waals surface area (Å²) in [6.07, 6.45) is 14.0. The van der Waals surface area contributed by atoms with E-state index in [-0.39, 0.29) is 0 Å². The molecule has 0 bridgehead atoms.